The van der Waals surface area contributed by atoms with E-state index in [4.69, 9.17) is 0 Å². The molecule has 4 heteroatoms. The van der Waals surface area contributed by atoms with Crippen LogP contribution >= 0.6 is 15.9 Å². The van der Waals surface area contributed by atoms with Crippen molar-refractivity contribution < 1.29 is 4.39 Å². The summed E-state index contributed by atoms with van der Waals surface area (Å²) in [4.78, 5) is 2.06. The first-order chi connectivity index (χ1) is 6.91. The van der Waals surface area contributed by atoms with Crippen LogP contribution in [0.15, 0.2) is 34.7 Å². The molecule has 0 radical (unpaired) electrons. The van der Waals surface area contributed by atoms with Gasteiger partial charge in [0.25, 0.3) is 0 Å². The number of likely N-dealkylation sites (N-methyl/N-ethyl adjacent to an activating group) is 1. The maximum absolute atomic E-state index is 12.6. The molecule has 0 unspecified atom stereocenters. The van der Waals surface area contributed by atoms with Crippen molar-refractivity contribution in [3.05, 3.63) is 34.7 Å². The Kier molecular flexibility index (Phi) is 7.34. The van der Waals surface area contributed by atoms with Gasteiger partial charge in [0.15, 0.2) is 0 Å². The second-order valence-corrected chi connectivity index (χ2v) is 4.76. The molecule has 0 aromatic carbocycles. The van der Waals surface area contributed by atoms with Crippen molar-refractivity contribution in [2.24, 2.45) is 0 Å². The first kappa shape index (κ1) is 14.4. The van der Waals surface area contributed by atoms with Crippen molar-refractivity contribution in [1.82, 2.24) is 10.2 Å². The first-order valence-electron chi connectivity index (χ1n) is 4.70. The van der Waals surface area contributed by atoms with Crippen molar-refractivity contribution >= 4 is 15.9 Å². The zero-order valence-electron chi connectivity index (χ0n) is 9.48. The predicted molar refractivity (Wildman–Crippen MR) is 67.6 cm³/mol. The zero-order chi connectivity index (χ0) is 11.8. The minimum atomic E-state index is -0.452. The van der Waals surface area contributed by atoms with E-state index in [1.54, 1.807) is 0 Å². The van der Waals surface area contributed by atoms with Crippen LogP contribution in [-0.2, 0) is 0 Å². The molecule has 0 heterocycles. The van der Waals surface area contributed by atoms with E-state index in [2.05, 4.69) is 32.7 Å². The maximum atomic E-state index is 12.6. The summed E-state index contributed by atoms with van der Waals surface area (Å²) >= 11 is 3.30. The van der Waals surface area contributed by atoms with Crippen LogP contribution in [0.4, 0.5) is 4.39 Å². The van der Waals surface area contributed by atoms with E-state index < -0.39 is 5.83 Å². The molecule has 1 N–H and O–H groups in total. The third kappa shape index (κ3) is 9.69. The Morgan fingerprint density at radius 3 is 2.47 bits per heavy atom. The van der Waals surface area contributed by atoms with Crippen molar-refractivity contribution in [1.29, 1.82) is 0 Å². The van der Waals surface area contributed by atoms with Crippen molar-refractivity contribution in [2.75, 3.05) is 27.2 Å². The van der Waals surface area contributed by atoms with Gasteiger partial charge in [0.1, 0.15) is 5.83 Å². The van der Waals surface area contributed by atoms with Gasteiger partial charge in [-0.15, -0.1) is 0 Å². The molecule has 0 saturated carbocycles. The molecule has 0 saturated heterocycles. The zero-order valence-corrected chi connectivity index (χ0v) is 11.1. The summed E-state index contributed by atoms with van der Waals surface area (Å²) in [6, 6.07) is 0. The fourth-order valence-electron chi connectivity index (χ4n) is 0.951. The molecule has 0 rings (SSSR count). The average Bonchev–Trinajstić information content (AvgIpc) is 2.00. The van der Waals surface area contributed by atoms with Gasteiger partial charge in [-0.3, -0.25) is 0 Å². The number of halogens is 2. The molecule has 0 aromatic heterocycles. The standard InChI is InChI=1S/C11H18BrFN2/c1-9(12)7-11(8-10(2)13)14-5-6-15(3)4/h7-8,14H,2,5-6H2,1,3-4H3/b9-7+,11-8+. The van der Waals surface area contributed by atoms with Crippen molar-refractivity contribution in [3.8, 4) is 0 Å². The average molecular weight is 277 g/mol. The lowest BCUT2D eigenvalue weighted by molar-refractivity contribution is 0.408. The van der Waals surface area contributed by atoms with Crippen LogP contribution in [-0.4, -0.2) is 32.1 Å². The second-order valence-electron chi connectivity index (χ2n) is 3.51. The van der Waals surface area contributed by atoms with Crippen LogP contribution in [0, 0.1) is 0 Å². The molecule has 86 valence electrons. The topological polar surface area (TPSA) is 15.3 Å². The number of allylic oxidation sites excluding steroid dienone is 4. The monoisotopic (exact) mass is 276 g/mol. The van der Waals surface area contributed by atoms with Crippen LogP contribution in [0.5, 0.6) is 0 Å². The van der Waals surface area contributed by atoms with Gasteiger partial charge >= 0.3 is 0 Å². The van der Waals surface area contributed by atoms with E-state index in [9.17, 15) is 4.39 Å². The van der Waals surface area contributed by atoms with Gasteiger partial charge in [0.2, 0.25) is 0 Å². The highest BCUT2D eigenvalue weighted by Crippen LogP contribution is 2.08. The number of nitrogens with one attached hydrogen (secondary N) is 1. The van der Waals surface area contributed by atoms with Gasteiger partial charge in [-0.05, 0) is 37.7 Å². The Morgan fingerprint density at radius 1 is 1.47 bits per heavy atom. The Bertz CT molecular complexity index is 266. The molecular weight excluding hydrogens is 259 g/mol. The van der Waals surface area contributed by atoms with Crippen molar-refractivity contribution in [3.63, 3.8) is 0 Å². The summed E-state index contributed by atoms with van der Waals surface area (Å²) in [6.07, 6.45) is 3.20. The SMILES string of the molecule is C=C(F)/C=C(\C=C(/C)Br)NCCN(C)C. The highest BCUT2D eigenvalue weighted by molar-refractivity contribution is 9.11. The highest BCUT2D eigenvalue weighted by atomic mass is 79.9. The summed E-state index contributed by atoms with van der Waals surface area (Å²) in [5.41, 5.74) is 0.721. The fraction of sp³-hybridized carbons (Fsp3) is 0.455. The fourth-order valence-corrected chi connectivity index (χ4v) is 1.20. The Balaban J connectivity index is 4.27. The maximum Gasteiger partial charge on any atom is 0.118 e. The lowest BCUT2D eigenvalue weighted by Gasteiger charge is -2.12. The highest BCUT2D eigenvalue weighted by Gasteiger charge is 1.95. The van der Waals surface area contributed by atoms with Crippen LogP contribution in [0.2, 0.25) is 0 Å². The number of nitrogens with zero attached hydrogens (tertiary/aromatic N) is 1. The Morgan fingerprint density at radius 2 is 2.07 bits per heavy atom. The normalized spacial score (nSPS) is 13.2. The predicted octanol–water partition coefficient (Wildman–Crippen LogP) is 2.80. The van der Waals surface area contributed by atoms with E-state index in [0.29, 0.717) is 0 Å². The van der Waals surface area contributed by atoms with Gasteiger partial charge < -0.3 is 10.2 Å². The molecule has 0 bridgehead atoms. The smallest absolute Gasteiger partial charge is 0.118 e. The Labute approximate surface area is 99.7 Å². The van der Waals surface area contributed by atoms with Gasteiger partial charge in [-0.2, -0.15) is 0 Å². The molecule has 0 amide bonds. The van der Waals surface area contributed by atoms with Crippen LogP contribution in [0.3, 0.4) is 0 Å². The molecular formula is C11H18BrFN2. The molecule has 0 atom stereocenters. The van der Waals surface area contributed by atoms with E-state index >= 15 is 0 Å². The molecule has 0 aromatic rings. The second kappa shape index (κ2) is 7.65. The van der Waals surface area contributed by atoms with E-state index in [-0.39, 0.29) is 0 Å². The molecule has 0 aliphatic carbocycles. The van der Waals surface area contributed by atoms with Gasteiger partial charge in [-0.1, -0.05) is 22.5 Å². The quantitative estimate of drug-likeness (QED) is 0.751. The van der Waals surface area contributed by atoms with Crippen LogP contribution in [0.1, 0.15) is 6.92 Å². The first-order valence-corrected chi connectivity index (χ1v) is 5.49. The summed E-state index contributed by atoms with van der Waals surface area (Å²) in [5, 5.41) is 3.13. The van der Waals surface area contributed by atoms with Crippen molar-refractivity contribution in [2.45, 2.75) is 6.92 Å². The van der Waals surface area contributed by atoms with Gasteiger partial charge in [0, 0.05) is 18.8 Å². The molecule has 15 heavy (non-hydrogen) atoms. The number of hydrogen-bond donors (Lipinski definition) is 1. The largest absolute Gasteiger partial charge is 0.384 e. The summed E-state index contributed by atoms with van der Waals surface area (Å²) < 4.78 is 13.6. The van der Waals surface area contributed by atoms with Crippen LogP contribution < -0.4 is 5.32 Å². The summed E-state index contributed by atoms with van der Waals surface area (Å²) in [7, 11) is 3.98. The van der Waals surface area contributed by atoms with E-state index in [0.717, 1.165) is 23.3 Å². The van der Waals surface area contributed by atoms with Crippen LogP contribution in [0.25, 0.3) is 0 Å². The van der Waals surface area contributed by atoms with E-state index in [1.165, 1.54) is 6.08 Å². The molecule has 0 spiro atoms. The lowest BCUT2D eigenvalue weighted by atomic mass is 10.3. The number of rotatable bonds is 6. The summed E-state index contributed by atoms with van der Waals surface area (Å²) in [6.45, 7) is 6.76. The molecule has 0 aliphatic heterocycles. The van der Waals surface area contributed by atoms with Gasteiger partial charge in [-0.25, -0.2) is 4.39 Å². The number of hydrogen-bond acceptors (Lipinski definition) is 2. The molecule has 2 nitrogen and oxygen atoms in total. The molecule has 0 fully saturated rings. The molecule has 0 aliphatic rings. The minimum absolute atomic E-state index is 0.452. The summed E-state index contributed by atoms with van der Waals surface area (Å²) in [5.74, 6) is -0.452. The minimum Gasteiger partial charge on any atom is -0.384 e. The Hall–Kier alpha value is -0.610. The lowest BCUT2D eigenvalue weighted by Crippen LogP contribution is -2.25. The van der Waals surface area contributed by atoms with E-state index in [1.807, 2.05) is 27.1 Å². The van der Waals surface area contributed by atoms with Gasteiger partial charge in [0.05, 0.1) is 0 Å². The third-order valence-electron chi connectivity index (χ3n) is 1.55. The third-order valence-corrected chi connectivity index (χ3v) is 1.78.